The van der Waals surface area contributed by atoms with E-state index in [0.717, 1.165) is 36.8 Å². The van der Waals surface area contributed by atoms with Crippen LogP contribution in [0.3, 0.4) is 0 Å². The van der Waals surface area contributed by atoms with Crippen LogP contribution in [0, 0.1) is 5.92 Å². The minimum absolute atomic E-state index is 0.310. The Kier molecular flexibility index (Phi) is 4.45. The molecule has 1 aliphatic carbocycles. The number of hydrogen-bond donors (Lipinski definition) is 0. The third-order valence-corrected chi connectivity index (χ3v) is 5.27. The van der Waals surface area contributed by atoms with Crippen LogP contribution in [0.2, 0.25) is 0 Å². The highest BCUT2D eigenvalue weighted by Gasteiger charge is 2.31. The summed E-state index contributed by atoms with van der Waals surface area (Å²) < 4.78 is 1.13. The number of halogens is 1. The normalized spacial score (nSPS) is 24.1. The molecule has 0 bridgehead atoms. The minimum atomic E-state index is 0.310. The molecule has 0 spiro atoms. The van der Waals surface area contributed by atoms with Crippen molar-refractivity contribution in [3.63, 3.8) is 0 Å². The number of hydrogen-bond acceptors (Lipinski definition) is 1. The van der Waals surface area contributed by atoms with Gasteiger partial charge in [0.2, 0.25) is 5.91 Å². The van der Waals surface area contributed by atoms with E-state index in [1.54, 1.807) is 0 Å². The van der Waals surface area contributed by atoms with E-state index >= 15 is 0 Å². The van der Waals surface area contributed by atoms with E-state index in [9.17, 15) is 4.79 Å². The predicted molar refractivity (Wildman–Crippen MR) is 84.7 cm³/mol. The number of amides is 1. The van der Waals surface area contributed by atoms with Crippen LogP contribution in [0.5, 0.6) is 0 Å². The first-order valence-electron chi connectivity index (χ1n) is 7.78. The first kappa shape index (κ1) is 14.1. The fourth-order valence-corrected chi connectivity index (χ4v) is 4.02. The highest BCUT2D eigenvalue weighted by molar-refractivity contribution is 9.10. The van der Waals surface area contributed by atoms with Gasteiger partial charge in [-0.3, -0.25) is 4.79 Å². The van der Waals surface area contributed by atoms with E-state index in [0.29, 0.717) is 17.7 Å². The lowest BCUT2D eigenvalue weighted by Gasteiger charge is -2.26. The van der Waals surface area contributed by atoms with Crippen molar-refractivity contribution in [3.05, 3.63) is 34.3 Å². The van der Waals surface area contributed by atoms with Crippen molar-refractivity contribution in [2.24, 2.45) is 5.92 Å². The summed E-state index contributed by atoms with van der Waals surface area (Å²) in [7, 11) is 0. The number of rotatable bonds is 2. The molecule has 1 amide bonds. The molecular weight excluding hydrogens is 314 g/mol. The summed E-state index contributed by atoms with van der Waals surface area (Å²) in [6.45, 7) is 1.85. The summed E-state index contributed by atoms with van der Waals surface area (Å²) in [5, 5.41) is 0. The lowest BCUT2D eigenvalue weighted by Crippen LogP contribution is -2.35. The quantitative estimate of drug-likeness (QED) is 0.786. The van der Waals surface area contributed by atoms with E-state index in [1.807, 2.05) is 0 Å². The van der Waals surface area contributed by atoms with Crippen molar-refractivity contribution < 1.29 is 4.79 Å². The van der Waals surface area contributed by atoms with Crippen molar-refractivity contribution in [2.75, 3.05) is 13.1 Å². The van der Waals surface area contributed by atoms with Crippen molar-refractivity contribution >= 4 is 21.8 Å². The second-order valence-corrected chi connectivity index (χ2v) is 7.08. The zero-order chi connectivity index (χ0) is 13.9. The van der Waals surface area contributed by atoms with Crippen molar-refractivity contribution in [2.45, 2.75) is 44.4 Å². The predicted octanol–water partition coefficient (Wildman–Crippen LogP) is 4.35. The molecule has 1 aliphatic heterocycles. The van der Waals surface area contributed by atoms with Gasteiger partial charge in [-0.05, 0) is 37.0 Å². The molecule has 1 aromatic rings. The highest BCUT2D eigenvalue weighted by atomic mass is 79.9. The molecule has 3 heteroatoms. The van der Waals surface area contributed by atoms with Crippen LogP contribution in [-0.2, 0) is 4.79 Å². The lowest BCUT2D eigenvalue weighted by atomic mass is 9.88. The fraction of sp³-hybridized carbons (Fsp3) is 0.588. The van der Waals surface area contributed by atoms with Gasteiger partial charge in [0.1, 0.15) is 0 Å². The average molecular weight is 336 g/mol. The minimum Gasteiger partial charge on any atom is -0.342 e. The molecular formula is C17H22BrNO. The Balaban J connectivity index is 1.63. The lowest BCUT2D eigenvalue weighted by molar-refractivity contribution is -0.135. The van der Waals surface area contributed by atoms with Gasteiger partial charge in [0, 0.05) is 29.4 Å². The van der Waals surface area contributed by atoms with Crippen LogP contribution >= 0.6 is 15.9 Å². The van der Waals surface area contributed by atoms with Gasteiger partial charge >= 0.3 is 0 Å². The van der Waals surface area contributed by atoms with E-state index < -0.39 is 0 Å². The van der Waals surface area contributed by atoms with Crippen molar-refractivity contribution in [1.29, 1.82) is 0 Å². The van der Waals surface area contributed by atoms with Crippen LogP contribution < -0.4 is 0 Å². The molecule has 2 aliphatic rings. The number of carbonyl (C=O) groups excluding carboxylic acids is 1. The molecule has 2 fully saturated rings. The molecule has 1 atom stereocenters. The molecule has 1 aromatic carbocycles. The first-order valence-corrected chi connectivity index (χ1v) is 8.57. The third-order valence-electron chi connectivity index (χ3n) is 4.77. The van der Waals surface area contributed by atoms with Gasteiger partial charge in [0.15, 0.2) is 0 Å². The highest BCUT2D eigenvalue weighted by Crippen LogP contribution is 2.32. The summed E-state index contributed by atoms with van der Waals surface area (Å²) in [6, 6.07) is 8.53. The average Bonchev–Trinajstić information content (AvgIpc) is 2.97. The molecule has 2 nitrogen and oxygen atoms in total. The topological polar surface area (TPSA) is 20.3 Å². The summed E-state index contributed by atoms with van der Waals surface area (Å²) in [6.07, 6.45) is 7.10. The molecule has 1 saturated heterocycles. The Morgan fingerprint density at radius 2 is 1.95 bits per heavy atom. The van der Waals surface area contributed by atoms with Gasteiger partial charge in [-0.2, -0.15) is 0 Å². The Morgan fingerprint density at radius 1 is 1.15 bits per heavy atom. The van der Waals surface area contributed by atoms with Crippen LogP contribution in [0.4, 0.5) is 0 Å². The summed E-state index contributed by atoms with van der Waals surface area (Å²) in [5.41, 5.74) is 1.36. The SMILES string of the molecule is O=C(C1CCCCC1)N1CCC(c2cccc(Br)c2)C1. The summed E-state index contributed by atoms with van der Waals surface area (Å²) in [4.78, 5) is 14.7. The molecule has 0 aromatic heterocycles. The molecule has 1 saturated carbocycles. The Hall–Kier alpha value is -0.830. The number of benzene rings is 1. The van der Waals surface area contributed by atoms with Gasteiger partial charge in [-0.1, -0.05) is 47.3 Å². The van der Waals surface area contributed by atoms with Crippen molar-refractivity contribution in [3.8, 4) is 0 Å². The smallest absolute Gasteiger partial charge is 0.225 e. The zero-order valence-electron chi connectivity index (χ0n) is 11.9. The summed E-state index contributed by atoms with van der Waals surface area (Å²) in [5.74, 6) is 1.24. The van der Waals surface area contributed by atoms with E-state index in [1.165, 1.54) is 24.8 Å². The molecule has 1 unspecified atom stereocenters. The maximum atomic E-state index is 12.6. The van der Waals surface area contributed by atoms with Gasteiger partial charge in [-0.25, -0.2) is 0 Å². The molecule has 108 valence electrons. The molecule has 0 radical (unpaired) electrons. The van der Waals surface area contributed by atoms with Crippen LogP contribution in [0.1, 0.15) is 50.0 Å². The van der Waals surface area contributed by atoms with E-state index in [-0.39, 0.29) is 0 Å². The van der Waals surface area contributed by atoms with Crippen LogP contribution in [0.25, 0.3) is 0 Å². The molecule has 3 rings (SSSR count). The van der Waals surface area contributed by atoms with Gasteiger partial charge in [-0.15, -0.1) is 0 Å². The number of likely N-dealkylation sites (tertiary alicyclic amines) is 1. The Bertz CT molecular complexity index is 482. The second-order valence-electron chi connectivity index (χ2n) is 6.16. The van der Waals surface area contributed by atoms with Crippen molar-refractivity contribution in [1.82, 2.24) is 4.90 Å². The van der Waals surface area contributed by atoms with E-state index in [4.69, 9.17) is 0 Å². The zero-order valence-corrected chi connectivity index (χ0v) is 13.4. The number of nitrogens with zero attached hydrogens (tertiary/aromatic N) is 1. The third kappa shape index (κ3) is 3.08. The Morgan fingerprint density at radius 3 is 2.70 bits per heavy atom. The summed E-state index contributed by atoms with van der Waals surface area (Å²) >= 11 is 3.54. The van der Waals surface area contributed by atoms with Gasteiger partial charge in [0.25, 0.3) is 0 Å². The molecule has 20 heavy (non-hydrogen) atoms. The number of carbonyl (C=O) groups is 1. The second kappa shape index (κ2) is 6.30. The Labute approximate surface area is 129 Å². The van der Waals surface area contributed by atoms with E-state index in [2.05, 4.69) is 45.1 Å². The largest absolute Gasteiger partial charge is 0.342 e. The standard InChI is InChI=1S/C17H22BrNO/c18-16-8-4-7-14(11-16)15-9-10-19(12-15)17(20)13-5-2-1-3-6-13/h4,7-8,11,13,15H,1-3,5-6,9-10,12H2. The first-order chi connectivity index (χ1) is 9.74. The monoisotopic (exact) mass is 335 g/mol. The van der Waals surface area contributed by atoms with Gasteiger partial charge in [0.05, 0.1) is 0 Å². The van der Waals surface area contributed by atoms with Gasteiger partial charge < -0.3 is 4.90 Å². The molecule has 1 heterocycles. The molecule has 0 N–H and O–H groups in total. The van der Waals surface area contributed by atoms with Crippen LogP contribution in [0.15, 0.2) is 28.7 Å². The van der Waals surface area contributed by atoms with Crippen LogP contribution in [-0.4, -0.2) is 23.9 Å². The maximum Gasteiger partial charge on any atom is 0.225 e. The fourth-order valence-electron chi connectivity index (χ4n) is 3.60. The maximum absolute atomic E-state index is 12.6.